The van der Waals surface area contributed by atoms with Gasteiger partial charge in [-0.25, -0.2) is 8.42 Å². The van der Waals surface area contributed by atoms with E-state index in [0.717, 1.165) is 10.6 Å². The molecular formula is C18H21ClN2O4S. The average molecular weight is 397 g/mol. The van der Waals surface area contributed by atoms with E-state index in [-0.39, 0.29) is 6.42 Å². The van der Waals surface area contributed by atoms with Gasteiger partial charge in [-0.3, -0.25) is 9.10 Å². The van der Waals surface area contributed by atoms with Crippen molar-refractivity contribution in [2.75, 3.05) is 23.0 Å². The molecule has 1 unspecified atom stereocenters. The summed E-state index contributed by atoms with van der Waals surface area (Å²) in [7, 11) is -2.22. The normalized spacial score (nSPS) is 12.3. The molecule has 0 aliphatic carbocycles. The van der Waals surface area contributed by atoms with Gasteiger partial charge >= 0.3 is 0 Å². The Morgan fingerprint density at radius 3 is 2.50 bits per heavy atom. The fourth-order valence-electron chi connectivity index (χ4n) is 2.64. The largest absolute Gasteiger partial charge is 0.495 e. The molecule has 0 radical (unpaired) electrons. The molecule has 0 bridgehead atoms. The molecule has 1 amide bonds. The molecule has 0 aromatic heterocycles. The first kappa shape index (κ1) is 20.1. The van der Waals surface area contributed by atoms with Gasteiger partial charge in [0.25, 0.3) is 0 Å². The van der Waals surface area contributed by atoms with E-state index in [9.17, 15) is 13.2 Å². The molecule has 26 heavy (non-hydrogen) atoms. The van der Waals surface area contributed by atoms with E-state index < -0.39 is 22.0 Å². The molecule has 0 aliphatic rings. The van der Waals surface area contributed by atoms with Gasteiger partial charge in [0, 0.05) is 5.02 Å². The predicted molar refractivity (Wildman–Crippen MR) is 104 cm³/mol. The summed E-state index contributed by atoms with van der Waals surface area (Å²) in [4.78, 5) is 12.9. The summed E-state index contributed by atoms with van der Waals surface area (Å²) in [5.41, 5.74) is 0.806. The van der Waals surface area contributed by atoms with E-state index in [2.05, 4.69) is 5.32 Å². The van der Waals surface area contributed by atoms with Crippen molar-refractivity contribution in [2.24, 2.45) is 0 Å². The van der Waals surface area contributed by atoms with Crippen molar-refractivity contribution >= 4 is 38.9 Å². The molecular weight excluding hydrogens is 376 g/mol. The van der Waals surface area contributed by atoms with Crippen LogP contribution in [0, 0.1) is 0 Å². The van der Waals surface area contributed by atoms with Gasteiger partial charge in [-0.2, -0.15) is 0 Å². The minimum atomic E-state index is -3.72. The smallest absolute Gasteiger partial charge is 0.248 e. The highest BCUT2D eigenvalue weighted by Gasteiger charge is 2.32. The van der Waals surface area contributed by atoms with Crippen LogP contribution < -0.4 is 14.4 Å². The molecule has 0 saturated heterocycles. The molecule has 140 valence electrons. The van der Waals surface area contributed by atoms with Crippen molar-refractivity contribution < 1.29 is 17.9 Å². The van der Waals surface area contributed by atoms with Crippen LogP contribution in [0.4, 0.5) is 11.4 Å². The first-order valence-electron chi connectivity index (χ1n) is 7.96. The second-order valence-electron chi connectivity index (χ2n) is 5.65. The van der Waals surface area contributed by atoms with Gasteiger partial charge in [-0.1, -0.05) is 36.7 Å². The Morgan fingerprint density at radius 2 is 1.92 bits per heavy atom. The number of halogens is 1. The van der Waals surface area contributed by atoms with Crippen LogP contribution in [-0.4, -0.2) is 33.7 Å². The number of carbonyl (C=O) groups is 1. The first-order chi connectivity index (χ1) is 12.3. The Labute approximate surface area is 158 Å². The van der Waals surface area contributed by atoms with Crippen LogP contribution >= 0.6 is 11.6 Å². The monoisotopic (exact) mass is 396 g/mol. The molecule has 0 saturated carbocycles. The lowest BCUT2D eigenvalue weighted by Gasteiger charge is -2.30. The molecule has 0 heterocycles. The van der Waals surface area contributed by atoms with Crippen LogP contribution in [0.3, 0.4) is 0 Å². The van der Waals surface area contributed by atoms with Crippen molar-refractivity contribution in [2.45, 2.75) is 19.4 Å². The summed E-state index contributed by atoms with van der Waals surface area (Å²) in [5.74, 6) is 0.0340. The molecule has 0 fully saturated rings. The SMILES string of the molecule is CCC(C(=O)Nc1ccccc1OC)N(c1cccc(Cl)c1)S(C)(=O)=O. The van der Waals surface area contributed by atoms with Crippen LogP contribution in [-0.2, 0) is 14.8 Å². The zero-order valence-corrected chi connectivity index (χ0v) is 16.3. The zero-order chi connectivity index (χ0) is 19.3. The molecule has 1 atom stereocenters. The van der Waals surface area contributed by atoms with Gasteiger partial charge in [0.15, 0.2) is 0 Å². The predicted octanol–water partition coefficient (Wildman–Crippen LogP) is 3.53. The number of sulfonamides is 1. The van der Waals surface area contributed by atoms with Crippen molar-refractivity contribution in [3.63, 3.8) is 0 Å². The van der Waals surface area contributed by atoms with Gasteiger partial charge < -0.3 is 10.1 Å². The maximum atomic E-state index is 12.9. The highest BCUT2D eigenvalue weighted by atomic mass is 35.5. The van der Waals surface area contributed by atoms with E-state index in [1.165, 1.54) is 13.2 Å². The van der Waals surface area contributed by atoms with Gasteiger partial charge in [-0.15, -0.1) is 0 Å². The maximum absolute atomic E-state index is 12.9. The van der Waals surface area contributed by atoms with Gasteiger partial charge in [0.1, 0.15) is 11.8 Å². The summed E-state index contributed by atoms with van der Waals surface area (Å²) >= 11 is 6.00. The van der Waals surface area contributed by atoms with Crippen molar-refractivity contribution in [3.8, 4) is 5.75 Å². The lowest BCUT2D eigenvalue weighted by atomic mass is 10.1. The summed E-state index contributed by atoms with van der Waals surface area (Å²) in [6, 6.07) is 12.4. The van der Waals surface area contributed by atoms with E-state index in [1.54, 1.807) is 49.4 Å². The molecule has 2 aromatic carbocycles. The molecule has 1 N–H and O–H groups in total. The lowest BCUT2D eigenvalue weighted by molar-refractivity contribution is -0.117. The topological polar surface area (TPSA) is 75.7 Å². The number of methoxy groups -OCH3 is 1. The van der Waals surface area contributed by atoms with Gasteiger partial charge in [-0.05, 0) is 36.8 Å². The van der Waals surface area contributed by atoms with Crippen LogP contribution in [0.5, 0.6) is 5.75 Å². The average Bonchev–Trinajstić information content (AvgIpc) is 2.58. The van der Waals surface area contributed by atoms with Crippen LogP contribution in [0.25, 0.3) is 0 Å². The quantitative estimate of drug-likeness (QED) is 0.776. The summed E-state index contributed by atoms with van der Waals surface area (Å²) < 4.78 is 31.1. The lowest BCUT2D eigenvalue weighted by Crippen LogP contribution is -2.47. The van der Waals surface area contributed by atoms with Crippen molar-refractivity contribution in [1.29, 1.82) is 0 Å². The van der Waals surface area contributed by atoms with Crippen molar-refractivity contribution in [3.05, 3.63) is 53.6 Å². The molecule has 2 aromatic rings. The second-order valence-corrected chi connectivity index (χ2v) is 7.95. The summed E-state index contributed by atoms with van der Waals surface area (Å²) in [5, 5.41) is 3.13. The van der Waals surface area contributed by atoms with E-state index in [0.29, 0.717) is 22.1 Å². The number of benzene rings is 2. The van der Waals surface area contributed by atoms with Crippen molar-refractivity contribution in [1.82, 2.24) is 0 Å². The third-order valence-corrected chi connectivity index (χ3v) is 5.17. The molecule has 8 heteroatoms. The Balaban J connectivity index is 2.40. The Kier molecular flexibility index (Phi) is 6.50. The van der Waals surface area contributed by atoms with Crippen LogP contribution in [0.2, 0.25) is 5.02 Å². The number of hydrogen-bond acceptors (Lipinski definition) is 4. The number of ether oxygens (including phenoxy) is 1. The number of amides is 1. The van der Waals surface area contributed by atoms with E-state index >= 15 is 0 Å². The molecule has 0 aliphatic heterocycles. The number of hydrogen-bond donors (Lipinski definition) is 1. The number of carbonyl (C=O) groups excluding carboxylic acids is 1. The third kappa shape index (κ3) is 4.68. The molecule has 6 nitrogen and oxygen atoms in total. The van der Waals surface area contributed by atoms with E-state index in [1.807, 2.05) is 0 Å². The number of nitrogens with one attached hydrogen (secondary N) is 1. The number of nitrogens with zero attached hydrogens (tertiary/aromatic N) is 1. The molecule has 2 rings (SSSR count). The maximum Gasteiger partial charge on any atom is 0.248 e. The van der Waals surface area contributed by atoms with Crippen LogP contribution in [0.1, 0.15) is 13.3 Å². The van der Waals surface area contributed by atoms with E-state index in [4.69, 9.17) is 16.3 Å². The summed E-state index contributed by atoms with van der Waals surface area (Å²) in [6.45, 7) is 1.75. The summed E-state index contributed by atoms with van der Waals surface area (Å²) in [6.07, 6.45) is 1.34. The minimum absolute atomic E-state index is 0.278. The zero-order valence-electron chi connectivity index (χ0n) is 14.8. The molecule has 0 spiro atoms. The standard InChI is InChI=1S/C18H21ClN2O4S/c1-4-16(18(22)20-15-10-5-6-11-17(15)25-2)21(26(3,23)24)14-9-7-8-13(19)12-14/h5-12,16H,4H2,1-3H3,(H,20,22). The van der Waals surface area contributed by atoms with Gasteiger partial charge in [0.2, 0.25) is 15.9 Å². The third-order valence-electron chi connectivity index (χ3n) is 3.76. The first-order valence-corrected chi connectivity index (χ1v) is 10.2. The number of para-hydroxylation sites is 2. The highest BCUT2D eigenvalue weighted by Crippen LogP contribution is 2.28. The minimum Gasteiger partial charge on any atom is -0.495 e. The Bertz CT molecular complexity index is 886. The fraction of sp³-hybridized carbons (Fsp3) is 0.278. The van der Waals surface area contributed by atoms with Gasteiger partial charge in [0.05, 0.1) is 24.7 Å². The Morgan fingerprint density at radius 1 is 1.23 bits per heavy atom. The Hall–Kier alpha value is -2.25. The highest BCUT2D eigenvalue weighted by molar-refractivity contribution is 7.92. The van der Waals surface area contributed by atoms with Crippen LogP contribution in [0.15, 0.2) is 48.5 Å². The number of rotatable bonds is 7. The second kappa shape index (κ2) is 8.42. The fourth-order valence-corrected chi connectivity index (χ4v) is 4.03. The number of anilines is 2.